The second kappa shape index (κ2) is 5.27. The monoisotopic (exact) mass is 252 g/mol. The Balaban J connectivity index is 2.33. The number of thiazole rings is 1. The van der Waals surface area contributed by atoms with Gasteiger partial charge in [0, 0.05) is 24.2 Å². The van der Waals surface area contributed by atoms with Crippen molar-refractivity contribution in [3.63, 3.8) is 0 Å². The third-order valence-corrected chi connectivity index (χ3v) is 4.02. The van der Waals surface area contributed by atoms with Crippen LogP contribution >= 0.6 is 23.1 Å². The van der Waals surface area contributed by atoms with E-state index in [1.165, 1.54) is 0 Å². The maximum Gasteiger partial charge on any atom is 0.156 e. The van der Waals surface area contributed by atoms with Gasteiger partial charge in [0.15, 0.2) is 4.34 Å². The van der Waals surface area contributed by atoms with Crippen molar-refractivity contribution in [1.82, 2.24) is 15.0 Å². The number of hydrogen-bond donors (Lipinski definition) is 1. The Morgan fingerprint density at radius 2 is 2.25 bits per heavy atom. The van der Waals surface area contributed by atoms with E-state index in [9.17, 15) is 0 Å². The molecule has 0 radical (unpaired) electrons. The molecule has 1 N–H and O–H groups in total. The molecule has 0 bridgehead atoms. The Morgan fingerprint density at radius 3 is 2.88 bits per heavy atom. The minimum absolute atomic E-state index is 0.900. The van der Waals surface area contributed by atoms with E-state index in [2.05, 4.69) is 27.2 Å². The van der Waals surface area contributed by atoms with Crippen LogP contribution < -0.4 is 5.32 Å². The molecule has 0 amide bonds. The Morgan fingerprint density at radius 1 is 1.38 bits per heavy atom. The summed E-state index contributed by atoms with van der Waals surface area (Å²) < 4.78 is 1.01. The van der Waals surface area contributed by atoms with Crippen molar-refractivity contribution < 1.29 is 0 Å². The molecule has 0 aliphatic carbocycles. The van der Waals surface area contributed by atoms with E-state index in [1.54, 1.807) is 35.6 Å². The molecule has 0 aliphatic heterocycles. The first kappa shape index (κ1) is 11.3. The van der Waals surface area contributed by atoms with Gasteiger partial charge in [0.05, 0.1) is 0 Å². The van der Waals surface area contributed by atoms with Crippen molar-refractivity contribution in [2.24, 2.45) is 0 Å². The van der Waals surface area contributed by atoms with Crippen LogP contribution in [-0.2, 0) is 6.42 Å². The van der Waals surface area contributed by atoms with Crippen molar-refractivity contribution in [3.05, 3.63) is 23.5 Å². The van der Waals surface area contributed by atoms with Gasteiger partial charge in [-0.1, -0.05) is 6.92 Å². The molecular weight excluding hydrogens is 240 g/mol. The minimum atomic E-state index is 0.900. The molecule has 2 aromatic rings. The Kier molecular flexibility index (Phi) is 3.74. The van der Waals surface area contributed by atoms with Crippen LogP contribution in [0.5, 0.6) is 0 Å². The van der Waals surface area contributed by atoms with Gasteiger partial charge in [-0.15, -0.1) is 11.3 Å². The molecule has 6 heteroatoms. The molecule has 4 nitrogen and oxygen atoms in total. The maximum atomic E-state index is 4.31. The average molecular weight is 252 g/mol. The Hall–Kier alpha value is -1.14. The summed E-state index contributed by atoms with van der Waals surface area (Å²) in [6.07, 6.45) is 4.30. The SMILES string of the molecule is CCc1c(NC)ncnc1Sc1nccs1. The van der Waals surface area contributed by atoms with Gasteiger partial charge in [-0.05, 0) is 18.2 Å². The van der Waals surface area contributed by atoms with Gasteiger partial charge in [-0.25, -0.2) is 15.0 Å². The largest absolute Gasteiger partial charge is 0.373 e. The Bertz CT molecular complexity index is 456. The van der Waals surface area contributed by atoms with Gasteiger partial charge >= 0.3 is 0 Å². The first-order chi connectivity index (χ1) is 7.85. The van der Waals surface area contributed by atoms with Gasteiger partial charge in [0.25, 0.3) is 0 Å². The van der Waals surface area contributed by atoms with E-state index in [0.29, 0.717) is 0 Å². The highest BCUT2D eigenvalue weighted by atomic mass is 32.2. The van der Waals surface area contributed by atoms with Gasteiger partial charge in [-0.3, -0.25) is 0 Å². The molecule has 0 atom stereocenters. The molecule has 0 saturated heterocycles. The van der Waals surface area contributed by atoms with Crippen LogP contribution in [0.25, 0.3) is 0 Å². The van der Waals surface area contributed by atoms with Crippen LogP contribution in [0.2, 0.25) is 0 Å². The van der Waals surface area contributed by atoms with Crippen molar-refractivity contribution in [2.75, 3.05) is 12.4 Å². The van der Waals surface area contributed by atoms with E-state index in [0.717, 1.165) is 27.2 Å². The summed E-state index contributed by atoms with van der Waals surface area (Å²) in [7, 11) is 1.87. The normalized spacial score (nSPS) is 10.4. The number of anilines is 1. The van der Waals surface area contributed by atoms with Crippen molar-refractivity contribution >= 4 is 28.9 Å². The van der Waals surface area contributed by atoms with Gasteiger partial charge in [-0.2, -0.15) is 0 Å². The molecule has 0 saturated carbocycles. The zero-order valence-electron chi connectivity index (χ0n) is 9.10. The average Bonchev–Trinajstić information content (AvgIpc) is 2.81. The molecule has 2 heterocycles. The summed E-state index contributed by atoms with van der Waals surface area (Å²) in [6.45, 7) is 2.10. The van der Waals surface area contributed by atoms with Crippen LogP contribution in [0, 0.1) is 0 Å². The lowest BCUT2D eigenvalue weighted by atomic mass is 10.2. The highest BCUT2D eigenvalue weighted by Crippen LogP contribution is 2.32. The van der Waals surface area contributed by atoms with Crippen molar-refractivity contribution in [1.29, 1.82) is 0 Å². The van der Waals surface area contributed by atoms with Crippen molar-refractivity contribution in [3.8, 4) is 0 Å². The Labute approximate surface area is 103 Å². The minimum Gasteiger partial charge on any atom is -0.373 e. The lowest BCUT2D eigenvalue weighted by Gasteiger charge is -2.08. The number of nitrogens with one attached hydrogen (secondary N) is 1. The summed E-state index contributed by atoms with van der Waals surface area (Å²) in [5.41, 5.74) is 1.14. The quantitative estimate of drug-likeness (QED) is 0.848. The van der Waals surface area contributed by atoms with E-state index < -0.39 is 0 Å². The zero-order chi connectivity index (χ0) is 11.4. The molecule has 2 aromatic heterocycles. The van der Waals surface area contributed by atoms with Gasteiger partial charge < -0.3 is 5.32 Å². The standard InChI is InChI=1S/C10H12N4S2/c1-3-7-8(11-2)13-6-14-9(7)16-10-12-4-5-15-10/h4-6H,3H2,1-2H3,(H,11,13,14). The second-order valence-corrected chi connectivity index (χ2v) is 5.14. The van der Waals surface area contributed by atoms with Crippen LogP contribution in [0.1, 0.15) is 12.5 Å². The number of aromatic nitrogens is 3. The van der Waals surface area contributed by atoms with Gasteiger partial charge in [0.1, 0.15) is 17.2 Å². The van der Waals surface area contributed by atoms with Crippen LogP contribution in [-0.4, -0.2) is 22.0 Å². The van der Waals surface area contributed by atoms with Crippen LogP contribution in [0.15, 0.2) is 27.3 Å². The summed E-state index contributed by atoms with van der Waals surface area (Å²) >= 11 is 3.21. The highest BCUT2D eigenvalue weighted by Gasteiger charge is 2.10. The summed E-state index contributed by atoms with van der Waals surface area (Å²) in [5.74, 6) is 0.900. The first-order valence-corrected chi connectivity index (χ1v) is 6.63. The molecule has 16 heavy (non-hydrogen) atoms. The first-order valence-electron chi connectivity index (χ1n) is 4.94. The molecule has 0 spiro atoms. The molecular formula is C10H12N4S2. The van der Waals surface area contributed by atoms with Gasteiger partial charge in [0.2, 0.25) is 0 Å². The molecule has 0 unspecified atom stereocenters. The molecule has 2 rings (SSSR count). The lowest BCUT2D eigenvalue weighted by Crippen LogP contribution is -2.01. The zero-order valence-corrected chi connectivity index (χ0v) is 10.7. The number of hydrogen-bond acceptors (Lipinski definition) is 6. The van der Waals surface area contributed by atoms with Crippen molar-refractivity contribution in [2.45, 2.75) is 22.7 Å². The molecule has 0 aliphatic rings. The third kappa shape index (κ3) is 2.33. The summed E-state index contributed by atoms with van der Waals surface area (Å²) in [5, 5.41) is 6.03. The van der Waals surface area contributed by atoms with Crippen LogP contribution in [0.3, 0.4) is 0 Å². The fraction of sp³-hybridized carbons (Fsp3) is 0.300. The number of rotatable bonds is 4. The topological polar surface area (TPSA) is 50.7 Å². The van der Waals surface area contributed by atoms with E-state index in [1.807, 2.05) is 12.4 Å². The predicted octanol–water partition coefficient (Wildman–Crippen LogP) is 2.69. The predicted molar refractivity (Wildman–Crippen MR) is 67.2 cm³/mol. The van der Waals surface area contributed by atoms with E-state index in [4.69, 9.17) is 0 Å². The molecule has 0 fully saturated rings. The third-order valence-electron chi connectivity index (χ3n) is 2.09. The molecule has 0 aromatic carbocycles. The summed E-state index contributed by atoms with van der Waals surface area (Å²) in [6, 6.07) is 0. The maximum absolute atomic E-state index is 4.31. The highest BCUT2D eigenvalue weighted by molar-refractivity contribution is 8.01. The van der Waals surface area contributed by atoms with E-state index in [-0.39, 0.29) is 0 Å². The fourth-order valence-electron chi connectivity index (χ4n) is 1.36. The van der Waals surface area contributed by atoms with E-state index >= 15 is 0 Å². The number of nitrogens with zero attached hydrogens (tertiary/aromatic N) is 3. The fourth-order valence-corrected chi connectivity index (χ4v) is 3.06. The lowest BCUT2D eigenvalue weighted by molar-refractivity contribution is 0.945. The molecule has 84 valence electrons. The van der Waals surface area contributed by atoms with Crippen LogP contribution in [0.4, 0.5) is 5.82 Å². The smallest absolute Gasteiger partial charge is 0.156 e. The second-order valence-electron chi connectivity index (χ2n) is 3.01. The summed E-state index contributed by atoms with van der Waals surface area (Å²) in [4.78, 5) is 12.8.